The maximum Gasteiger partial charge on any atom is 0.0409 e. The van der Waals surface area contributed by atoms with Crippen LogP contribution in [0.5, 0.6) is 0 Å². The Bertz CT molecular complexity index is 333. The van der Waals surface area contributed by atoms with Crippen molar-refractivity contribution in [3.8, 4) is 0 Å². The predicted molar refractivity (Wildman–Crippen MR) is 105 cm³/mol. The predicted octanol–water partition coefficient (Wildman–Crippen LogP) is 5.88. The lowest BCUT2D eigenvalue weighted by Crippen LogP contribution is -2.85. The van der Waals surface area contributed by atoms with Crippen LogP contribution >= 0.6 is 0 Å². The van der Waals surface area contributed by atoms with E-state index in [1.54, 1.807) is 25.7 Å². The maximum atomic E-state index is 2.78. The topological polar surface area (TPSA) is 0 Å². The van der Waals surface area contributed by atoms with Gasteiger partial charge in [0.1, 0.15) is 0 Å². The molecule has 0 N–H and O–H groups in total. The highest BCUT2D eigenvalue weighted by molar-refractivity contribution is 7.89. The zero-order chi connectivity index (χ0) is 15.6. The molecule has 0 aromatic carbocycles. The van der Waals surface area contributed by atoms with Crippen LogP contribution in [-0.4, -0.2) is 29.4 Å². The third-order valence-corrected chi connectivity index (χ3v) is 80.9. The molecule has 3 atom stereocenters. The molecule has 2 fully saturated rings. The van der Waals surface area contributed by atoms with E-state index in [-0.39, 0.29) is 0 Å². The van der Waals surface area contributed by atoms with E-state index in [4.69, 9.17) is 0 Å². The molecule has 4 heteroatoms. The first-order chi connectivity index (χ1) is 8.82. The zero-order valence-corrected chi connectivity index (χ0v) is 19.6. The second-order valence-electron chi connectivity index (χ2n) is 10.8. The first-order valence-corrected chi connectivity index (χ1v) is 24.4. The van der Waals surface area contributed by atoms with Crippen LogP contribution in [0, 0.1) is 11.8 Å². The minimum Gasteiger partial charge on any atom is -0.0718 e. The fourth-order valence-corrected chi connectivity index (χ4v) is 114. The lowest BCUT2D eigenvalue weighted by molar-refractivity contribution is 0.475. The highest BCUT2D eigenvalue weighted by Crippen LogP contribution is 2.60. The summed E-state index contributed by atoms with van der Waals surface area (Å²) < 4.78 is 0. The smallest absolute Gasteiger partial charge is 0.0409 e. The van der Waals surface area contributed by atoms with Crippen molar-refractivity contribution in [1.82, 2.24) is 0 Å². The fraction of sp³-hybridized carbons (Fsp3) is 1.00. The van der Waals surface area contributed by atoms with Gasteiger partial charge >= 0.3 is 0 Å². The quantitative estimate of drug-likeness (QED) is 0.560. The summed E-state index contributed by atoms with van der Waals surface area (Å²) in [6.45, 7) is 23.9. The maximum absolute atomic E-state index is 2.78. The molecule has 2 aliphatic carbocycles. The summed E-state index contributed by atoms with van der Waals surface area (Å²) in [6.07, 6.45) is 6.47. The molecule has 0 aliphatic heterocycles. The summed E-state index contributed by atoms with van der Waals surface area (Å²) >= 11 is 0. The van der Waals surface area contributed by atoms with Crippen LogP contribution in [-0.2, 0) is 0 Å². The molecule has 0 spiro atoms. The van der Waals surface area contributed by atoms with Gasteiger partial charge in [-0.25, -0.2) is 0 Å². The van der Waals surface area contributed by atoms with E-state index in [2.05, 4.69) is 58.9 Å². The third kappa shape index (κ3) is 2.33. The second kappa shape index (κ2) is 4.93. The summed E-state index contributed by atoms with van der Waals surface area (Å²) in [5, 5.41) is 0. The number of rotatable bonds is 4. The molecular weight excluding hydrogens is 305 g/mol. The van der Waals surface area contributed by atoms with E-state index < -0.39 is 29.4 Å². The van der Waals surface area contributed by atoms with E-state index in [9.17, 15) is 0 Å². The summed E-state index contributed by atoms with van der Waals surface area (Å²) in [5.41, 5.74) is 1.24. The van der Waals surface area contributed by atoms with Crippen molar-refractivity contribution in [2.45, 2.75) is 90.1 Å². The molecule has 0 heterocycles. The van der Waals surface area contributed by atoms with Gasteiger partial charge < -0.3 is 0 Å². The van der Waals surface area contributed by atoms with Crippen LogP contribution in [0.4, 0.5) is 0 Å². The van der Waals surface area contributed by atoms with Gasteiger partial charge in [0.05, 0.1) is 0 Å². The lowest BCUT2D eigenvalue weighted by atomic mass is 10.0. The monoisotopic (exact) mass is 342 g/mol. The SMILES string of the molecule is C[Si](C)(C)[Si](C1CC2CCC1C2)([Si](C)(C)C)[Si](C)(C)C. The van der Waals surface area contributed by atoms with Crippen molar-refractivity contribution in [1.29, 1.82) is 0 Å². The first kappa shape index (κ1) is 17.2. The first-order valence-electron chi connectivity index (χ1n) is 8.82. The van der Waals surface area contributed by atoms with E-state index in [1.165, 1.54) is 5.54 Å². The van der Waals surface area contributed by atoms with Crippen molar-refractivity contribution in [3.63, 3.8) is 0 Å². The van der Waals surface area contributed by atoms with Crippen LogP contribution < -0.4 is 0 Å². The lowest BCUT2D eigenvalue weighted by Gasteiger charge is -2.62. The van der Waals surface area contributed by atoms with Crippen molar-refractivity contribution in [2.24, 2.45) is 11.8 Å². The van der Waals surface area contributed by atoms with Crippen LogP contribution in [0.3, 0.4) is 0 Å². The van der Waals surface area contributed by atoms with E-state index in [1.807, 2.05) is 0 Å². The summed E-state index contributed by atoms with van der Waals surface area (Å²) in [5.74, 6) is 2.30. The number of hydrogen-bond donors (Lipinski definition) is 0. The van der Waals surface area contributed by atoms with E-state index >= 15 is 0 Å². The number of hydrogen-bond acceptors (Lipinski definition) is 0. The molecule has 2 saturated carbocycles. The Labute approximate surface area is 131 Å². The number of fused-ring (bicyclic) bond motifs is 2. The molecule has 0 aromatic heterocycles. The Morgan fingerprint density at radius 1 is 0.600 bits per heavy atom. The average Bonchev–Trinajstić information content (AvgIpc) is 2.71. The molecule has 0 amide bonds. The molecule has 2 aliphatic rings. The highest BCUT2D eigenvalue weighted by atomic mass is 29.9. The summed E-state index contributed by atoms with van der Waals surface area (Å²) in [6, 6.07) is 0. The summed E-state index contributed by atoms with van der Waals surface area (Å²) in [4.78, 5) is 0. The zero-order valence-electron chi connectivity index (χ0n) is 15.6. The van der Waals surface area contributed by atoms with Gasteiger partial charge in [-0.2, -0.15) is 0 Å². The molecule has 0 saturated heterocycles. The Hall–Kier alpha value is 0.868. The van der Waals surface area contributed by atoms with Crippen LogP contribution in [0.15, 0.2) is 0 Å². The van der Waals surface area contributed by atoms with Gasteiger partial charge in [-0.05, 0) is 23.8 Å². The molecule has 0 aromatic rings. The molecule has 2 bridgehead atoms. The van der Waals surface area contributed by atoms with Crippen molar-refractivity contribution in [3.05, 3.63) is 0 Å². The molecule has 20 heavy (non-hydrogen) atoms. The van der Waals surface area contributed by atoms with Crippen molar-refractivity contribution >= 4 is 29.4 Å². The molecule has 0 nitrogen and oxygen atoms in total. The Kier molecular flexibility index (Phi) is 4.25. The van der Waals surface area contributed by atoms with Crippen LogP contribution in [0.25, 0.3) is 0 Å². The molecule has 2 rings (SSSR count). The third-order valence-electron chi connectivity index (χ3n) is 6.84. The van der Waals surface area contributed by atoms with Gasteiger partial charge in [0.2, 0.25) is 0 Å². The largest absolute Gasteiger partial charge is 0.0718 e. The van der Waals surface area contributed by atoms with Gasteiger partial charge in [0, 0.05) is 29.4 Å². The van der Waals surface area contributed by atoms with Gasteiger partial charge in [-0.15, -0.1) is 0 Å². The highest BCUT2D eigenvalue weighted by Gasteiger charge is 2.67. The van der Waals surface area contributed by atoms with Crippen molar-refractivity contribution in [2.75, 3.05) is 0 Å². The molecular formula is C16H38Si4. The van der Waals surface area contributed by atoms with E-state index in [0.717, 1.165) is 11.8 Å². The Morgan fingerprint density at radius 3 is 1.30 bits per heavy atom. The minimum atomic E-state index is -1.10. The summed E-state index contributed by atoms with van der Waals surface area (Å²) in [7, 11) is -3.14. The van der Waals surface area contributed by atoms with Gasteiger partial charge in [0.15, 0.2) is 0 Å². The van der Waals surface area contributed by atoms with E-state index in [0.29, 0.717) is 0 Å². The second-order valence-corrected chi connectivity index (χ2v) is 51.8. The Balaban J connectivity index is 2.59. The normalized spacial score (nSPS) is 31.9. The minimum absolute atomic E-state index is 1.05. The fourth-order valence-electron chi connectivity index (χ4n) is 7.82. The van der Waals surface area contributed by atoms with Crippen LogP contribution in [0.2, 0.25) is 64.5 Å². The van der Waals surface area contributed by atoms with Crippen molar-refractivity contribution < 1.29 is 0 Å². The molecule has 3 unspecified atom stereocenters. The van der Waals surface area contributed by atoms with Gasteiger partial charge in [-0.1, -0.05) is 78.2 Å². The van der Waals surface area contributed by atoms with Crippen LogP contribution in [0.1, 0.15) is 25.7 Å². The van der Waals surface area contributed by atoms with Gasteiger partial charge in [0.25, 0.3) is 0 Å². The average molecular weight is 343 g/mol. The molecule has 118 valence electrons. The Morgan fingerprint density at radius 2 is 1.05 bits per heavy atom. The standard InChI is InChI=1S/C16H38Si4/c1-17(2,3)20(18(4,5)6,19(7,8)9)16-13-14-10-11-15(16)12-14/h14-16H,10-13H2,1-9H3. The van der Waals surface area contributed by atoms with Gasteiger partial charge in [-0.3, -0.25) is 0 Å². The molecule has 0 radical (unpaired) electrons.